The molecular weight excluding hydrogens is 600 g/mol. The number of hydrogen-bond acceptors (Lipinski definition) is 13. The predicted octanol–water partition coefficient (Wildman–Crippen LogP) is 1.80. The molecule has 2 saturated heterocycles. The third kappa shape index (κ3) is 7.04. The zero-order chi connectivity index (χ0) is 31.3. The van der Waals surface area contributed by atoms with Crippen molar-refractivity contribution in [3.8, 4) is 5.75 Å². The molecule has 240 valence electrons. The standard InChI is InChI=1S/C28H37FN5O9P/c1-18(27(37)41-19-9-12-39-13-10-19)31-11-14-44(38,43-20-5-3-2-4-6-20)40-16-28(15-29)25(36)23(35)24(42-28)21-7-8-22-26(30)32-17-33-34(21)22/h2-8,17-19,23-25,31,35-36H,9-16H2,1H3,(H2,30,32,33)/t18-,23-,24-,25-,28+,44?/m0/s1. The number of rotatable bonds is 13. The van der Waals surface area contributed by atoms with Crippen molar-refractivity contribution >= 4 is 24.9 Å². The molecule has 0 aliphatic carbocycles. The Morgan fingerprint density at radius 3 is 2.73 bits per heavy atom. The minimum atomic E-state index is -4.06. The average molecular weight is 638 g/mol. The highest BCUT2D eigenvalue weighted by molar-refractivity contribution is 7.54. The quantitative estimate of drug-likeness (QED) is 0.157. The summed E-state index contributed by atoms with van der Waals surface area (Å²) in [6.45, 7) is 0.697. The number of anilines is 1. The van der Waals surface area contributed by atoms with Gasteiger partial charge in [0.2, 0.25) is 0 Å². The Morgan fingerprint density at radius 1 is 1.25 bits per heavy atom. The maximum atomic E-state index is 14.7. The van der Waals surface area contributed by atoms with E-state index < -0.39 is 56.8 Å². The van der Waals surface area contributed by atoms with E-state index in [1.165, 1.54) is 10.8 Å². The number of halogens is 1. The highest BCUT2D eigenvalue weighted by Gasteiger charge is 2.56. The van der Waals surface area contributed by atoms with Crippen molar-refractivity contribution in [2.45, 2.75) is 55.8 Å². The van der Waals surface area contributed by atoms with E-state index in [1.54, 1.807) is 49.4 Å². The molecule has 1 aromatic carbocycles. The lowest BCUT2D eigenvalue weighted by molar-refractivity contribution is -0.155. The van der Waals surface area contributed by atoms with E-state index in [4.69, 9.17) is 29.0 Å². The summed E-state index contributed by atoms with van der Waals surface area (Å²) in [5, 5.41) is 29.0. The molecule has 0 radical (unpaired) electrons. The smallest absolute Gasteiger partial charge is 0.380 e. The van der Waals surface area contributed by atoms with Crippen LogP contribution in [0.1, 0.15) is 31.6 Å². The van der Waals surface area contributed by atoms with Gasteiger partial charge in [-0.1, -0.05) is 18.2 Å². The van der Waals surface area contributed by atoms with Crippen molar-refractivity contribution in [2.75, 3.05) is 44.9 Å². The lowest BCUT2D eigenvalue weighted by Gasteiger charge is -2.31. The molecule has 16 heteroatoms. The zero-order valence-corrected chi connectivity index (χ0v) is 25.1. The molecule has 2 aromatic heterocycles. The van der Waals surface area contributed by atoms with Gasteiger partial charge in [0.15, 0.2) is 5.82 Å². The second kappa shape index (κ2) is 13.9. The van der Waals surface area contributed by atoms with Gasteiger partial charge in [-0.3, -0.25) is 9.32 Å². The van der Waals surface area contributed by atoms with Crippen LogP contribution in [-0.2, 0) is 28.1 Å². The van der Waals surface area contributed by atoms with Gasteiger partial charge < -0.3 is 40.0 Å². The molecule has 14 nitrogen and oxygen atoms in total. The van der Waals surface area contributed by atoms with E-state index in [1.807, 2.05) is 0 Å². The highest BCUT2D eigenvalue weighted by atomic mass is 31.2. The average Bonchev–Trinajstić information content (AvgIpc) is 3.57. The van der Waals surface area contributed by atoms with Gasteiger partial charge in [0.1, 0.15) is 60.3 Å². The number of para-hydroxylation sites is 1. The molecule has 2 aliphatic rings. The fourth-order valence-electron chi connectivity index (χ4n) is 5.11. The first-order valence-corrected chi connectivity index (χ1v) is 16.1. The van der Waals surface area contributed by atoms with Gasteiger partial charge in [0.05, 0.1) is 31.7 Å². The monoisotopic (exact) mass is 637 g/mol. The Kier molecular flexibility index (Phi) is 10.2. The Balaban J connectivity index is 1.27. The molecule has 3 aromatic rings. The topological polar surface area (TPSA) is 189 Å². The number of esters is 1. The molecule has 6 atom stereocenters. The maximum absolute atomic E-state index is 14.7. The van der Waals surface area contributed by atoms with Gasteiger partial charge in [0, 0.05) is 19.4 Å². The van der Waals surface area contributed by atoms with E-state index in [2.05, 4.69) is 15.4 Å². The molecule has 5 N–H and O–H groups in total. The second-order valence-corrected chi connectivity index (χ2v) is 12.9. The third-order valence-corrected chi connectivity index (χ3v) is 9.48. The molecule has 0 spiro atoms. The number of hydrogen-bond donors (Lipinski definition) is 4. The van der Waals surface area contributed by atoms with Crippen LogP contribution in [0.3, 0.4) is 0 Å². The number of nitrogens with one attached hydrogen (secondary N) is 1. The summed E-state index contributed by atoms with van der Waals surface area (Å²) < 4.78 is 58.3. The van der Waals surface area contributed by atoms with Gasteiger partial charge in [0.25, 0.3) is 0 Å². The number of carbonyl (C=O) groups excluding carboxylic acids is 1. The molecule has 5 rings (SSSR count). The lowest BCUT2D eigenvalue weighted by atomic mass is 9.96. The first-order valence-electron chi connectivity index (χ1n) is 14.3. The fourth-order valence-corrected chi connectivity index (χ4v) is 6.64. The van der Waals surface area contributed by atoms with E-state index in [0.29, 0.717) is 37.3 Å². The summed E-state index contributed by atoms with van der Waals surface area (Å²) in [4.78, 5) is 16.5. The van der Waals surface area contributed by atoms with Gasteiger partial charge in [-0.25, -0.2) is 18.5 Å². The summed E-state index contributed by atoms with van der Waals surface area (Å²) in [6, 6.07) is 10.7. The summed E-state index contributed by atoms with van der Waals surface area (Å²) in [7, 11) is -4.06. The summed E-state index contributed by atoms with van der Waals surface area (Å²) in [5.74, 6) is -0.0431. The van der Waals surface area contributed by atoms with Gasteiger partial charge in [-0.05, 0) is 31.2 Å². The first kappa shape index (κ1) is 32.2. The molecule has 0 amide bonds. The van der Waals surface area contributed by atoms with Crippen LogP contribution in [0.5, 0.6) is 5.75 Å². The number of ether oxygens (including phenoxy) is 3. The molecular formula is C28H37FN5O9P. The van der Waals surface area contributed by atoms with Crippen LogP contribution in [-0.4, -0.2) is 99.9 Å². The Morgan fingerprint density at radius 2 is 2.00 bits per heavy atom. The van der Waals surface area contributed by atoms with Gasteiger partial charge >= 0.3 is 13.6 Å². The number of aliphatic hydroxyl groups is 2. The lowest BCUT2D eigenvalue weighted by Crippen LogP contribution is -2.49. The van der Waals surface area contributed by atoms with Crippen LogP contribution in [0.2, 0.25) is 0 Å². The SMILES string of the molecule is C[C@H](NCCP(=O)(OC[C@@]1(CF)O[C@@H](c2ccc3c(N)ncnn23)[C@H](O)[C@@H]1O)Oc1ccccc1)C(=O)OC1CCOCC1. The van der Waals surface area contributed by atoms with E-state index in [0.717, 1.165) is 0 Å². The number of alkyl halides is 1. The normalized spacial score (nSPS) is 26.3. The largest absolute Gasteiger partial charge is 0.461 e. The number of nitrogens with two attached hydrogens (primary N) is 1. The molecule has 0 bridgehead atoms. The van der Waals surface area contributed by atoms with E-state index in [9.17, 15) is 24.0 Å². The van der Waals surface area contributed by atoms with Gasteiger partial charge in [-0.15, -0.1) is 0 Å². The molecule has 2 fully saturated rings. The number of benzene rings is 1. The van der Waals surface area contributed by atoms with Crippen LogP contribution in [0.15, 0.2) is 48.8 Å². The minimum Gasteiger partial charge on any atom is -0.461 e. The van der Waals surface area contributed by atoms with Crippen LogP contribution in [0.4, 0.5) is 10.2 Å². The van der Waals surface area contributed by atoms with Crippen molar-refractivity contribution in [3.63, 3.8) is 0 Å². The Hall–Kier alpha value is -3.17. The predicted molar refractivity (Wildman–Crippen MR) is 155 cm³/mol. The second-order valence-electron chi connectivity index (χ2n) is 10.8. The van der Waals surface area contributed by atoms with Crippen molar-refractivity contribution in [1.29, 1.82) is 0 Å². The summed E-state index contributed by atoms with van der Waals surface area (Å²) in [6.07, 6.45) is -2.55. The van der Waals surface area contributed by atoms with Crippen molar-refractivity contribution in [3.05, 3.63) is 54.5 Å². The molecule has 2 aliphatic heterocycles. The van der Waals surface area contributed by atoms with Crippen LogP contribution in [0.25, 0.3) is 5.52 Å². The molecule has 44 heavy (non-hydrogen) atoms. The third-order valence-electron chi connectivity index (χ3n) is 7.70. The molecule has 4 heterocycles. The fraction of sp³-hybridized carbons (Fsp3) is 0.536. The highest BCUT2D eigenvalue weighted by Crippen LogP contribution is 2.50. The Bertz CT molecular complexity index is 1460. The maximum Gasteiger partial charge on any atom is 0.380 e. The van der Waals surface area contributed by atoms with Crippen molar-refractivity contribution in [2.24, 2.45) is 0 Å². The summed E-state index contributed by atoms with van der Waals surface area (Å²) in [5.41, 5.74) is 4.54. The van der Waals surface area contributed by atoms with Crippen LogP contribution in [0, 0.1) is 0 Å². The van der Waals surface area contributed by atoms with Crippen molar-refractivity contribution in [1.82, 2.24) is 19.9 Å². The number of nitrogen functional groups attached to an aromatic ring is 1. The number of nitrogens with zero attached hydrogens (tertiary/aromatic N) is 3. The van der Waals surface area contributed by atoms with Crippen LogP contribution >= 0.6 is 7.60 Å². The molecule has 1 unspecified atom stereocenters. The van der Waals surface area contributed by atoms with E-state index in [-0.39, 0.29) is 30.4 Å². The Labute approximate surface area is 253 Å². The number of aliphatic hydroxyl groups excluding tert-OH is 2. The number of aromatic nitrogens is 3. The molecule has 0 saturated carbocycles. The number of carbonyl (C=O) groups is 1. The number of fused-ring (bicyclic) bond motifs is 1. The summed E-state index contributed by atoms with van der Waals surface area (Å²) >= 11 is 0. The first-order chi connectivity index (χ1) is 21.1. The van der Waals surface area contributed by atoms with Crippen LogP contribution < -0.4 is 15.6 Å². The van der Waals surface area contributed by atoms with Gasteiger partial charge in [-0.2, -0.15) is 5.10 Å². The minimum absolute atomic E-state index is 0.0166. The van der Waals surface area contributed by atoms with Crippen molar-refractivity contribution < 1.29 is 47.2 Å². The van der Waals surface area contributed by atoms with E-state index >= 15 is 0 Å². The zero-order valence-electron chi connectivity index (χ0n) is 24.2.